The molecule has 23 heavy (non-hydrogen) atoms. The Kier molecular flexibility index (Phi) is 4.39. The Hall–Kier alpha value is -1.34. The van der Waals surface area contributed by atoms with Crippen molar-refractivity contribution in [1.29, 1.82) is 0 Å². The number of nitrogens with zero attached hydrogens (tertiary/aromatic N) is 3. The molecule has 5 nitrogen and oxygen atoms in total. The highest BCUT2D eigenvalue weighted by Crippen LogP contribution is 2.37. The Morgan fingerprint density at radius 2 is 2.43 bits per heavy atom. The van der Waals surface area contributed by atoms with Crippen LogP contribution in [0.3, 0.4) is 0 Å². The van der Waals surface area contributed by atoms with E-state index in [2.05, 4.69) is 14.9 Å². The van der Waals surface area contributed by atoms with E-state index in [0.29, 0.717) is 13.2 Å². The van der Waals surface area contributed by atoms with Crippen molar-refractivity contribution >= 4 is 11.3 Å². The molecule has 4 rings (SSSR count). The van der Waals surface area contributed by atoms with E-state index in [1.54, 1.807) is 17.5 Å². The van der Waals surface area contributed by atoms with Gasteiger partial charge in [-0.25, -0.2) is 4.98 Å². The maximum atomic E-state index is 6.15. The Labute approximate surface area is 140 Å². The average Bonchev–Trinajstić information content (AvgIpc) is 3.31. The molecular weight excluding hydrogens is 310 g/mol. The third kappa shape index (κ3) is 3.61. The van der Waals surface area contributed by atoms with Gasteiger partial charge >= 0.3 is 0 Å². The summed E-state index contributed by atoms with van der Waals surface area (Å²) in [6.45, 7) is 4.31. The lowest BCUT2D eigenvalue weighted by Crippen LogP contribution is -2.32. The molecule has 0 aromatic carbocycles. The number of likely N-dealkylation sites (tertiary alicyclic amines) is 1. The molecule has 6 heteroatoms. The first-order valence-electron chi connectivity index (χ1n) is 8.07. The van der Waals surface area contributed by atoms with Crippen molar-refractivity contribution in [3.8, 4) is 0 Å². The van der Waals surface area contributed by atoms with Gasteiger partial charge in [-0.3, -0.25) is 9.88 Å². The molecule has 0 saturated carbocycles. The normalized spacial score (nSPS) is 27.9. The predicted octanol–water partition coefficient (Wildman–Crippen LogP) is 2.49. The molecule has 0 radical (unpaired) electrons. The molecule has 2 atom stereocenters. The summed E-state index contributed by atoms with van der Waals surface area (Å²) in [5.41, 5.74) is 1.10. The first-order valence-corrected chi connectivity index (χ1v) is 8.95. The minimum absolute atomic E-state index is 0.0170. The summed E-state index contributed by atoms with van der Waals surface area (Å²) in [4.78, 5) is 10.9. The highest BCUT2D eigenvalue weighted by Gasteiger charge is 2.45. The average molecular weight is 331 g/mol. The van der Waals surface area contributed by atoms with Crippen molar-refractivity contribution in [2.75, 3.05) is 19.7 Å². The van der Waals surface area contributed by atoms with Crippen LogP contribution in [0, 0.1) is 0 Å². The van der Waals surface area contributed by atoms with E-state index in [4.69, 9.17) is 9.47 Å². The van der Waals surface area contributed by atoms with Crippen LogP contribution in [0.1, 0.15) is 23.4 Å². The van der Waals surface area contributed by atoms with Gasteiger partial charge in [0, 0.05) is 43.5 Å². The van der Waals surface area contributed by atoms with E-state index in [-0.39, 0.29) is 11.7 Å². The number of thiazole rings is 1. The minimum atomic E-state index is -0.0170. The van der Waals surface area contributed by atoms with Crippen LogP contribution in [0.25, 0.3) is 0 Å². The van der Waals surface area contributed by atoms with E-state index in [1.165, 1.54) is 5.01 Å². The first kappa shape index (κ1) is 15.2. The molecule has 2 fully saturated rings. The van der Waals surface area contributed by atoms with Gasteiger partial charge in [-0.15, -0.1) is 11.3 Å². The molecule has 2 aromatic heterocycles. The van der Waals surface area contributed by atoms with Gasteiger partial charge in [0.05, 0.1) is 31.5 Å². The van der Waals surface area contributed by atoms with Gasteiger partial charge in [0.1, 0.15) is 5.01 Å². The summed E-state index contributed by atoms with van der Waals surface area (Å²) in [7, 11) is 0. The predicted molar refractivity (Wildman–Crippen MR) is 88.1 cm³/mol. The molecule has 2 aliphatic heterocycles. The monoisotopic (exact) mass is 331 g/mol. The van der Waals surface area contributed by atoms with Crippen LogP contribution in [0.5, 0.6) is 0 Å². The van der Waals surface area contributed by atoms with Crippen LogP contribution in [0.15, 0.2) is 36.1 Å². The summed E-state index contributed by atoms with van der Waals surface area (Å²) >= 11 is 1.72. The molecule has 0 aliphatic carbocycles. The summed E-state index contributed by atoms with van der Waals surface area (Å²) < 4.78 is 12.2. The number of pyridine rings is 1. The summed E-state index contributed by atoms with van der Waals surface area (Å²) in [5.74, 6) is 0. The van der Waals surface area contributed by atoms with Gasteiger partial charge < -0.3 is 9.47 Å². The van der Waals surface area contributed by atoms with E-state index in [9.17, 15) is 0 Å². The first-order chi connectivity index (χ1) is 11.3. The second kappa shape index (κ2) is 6.65. The van der Waals surface area contributed by atoms with Gasteiger partial charge in [0.15, 0.2) is 0 Å². The van der Waals surface area contributed by atoms with Crippen molar-refractivity contribution in [1.82, 2.24) is 14.9 Å². The third-order valence-electron chi connectivity index (χ3n) is 4.62. The lowest BCUT2D eigenvalue weighted by atomic mass is 9.98. The zero-order valence-electron chi connectivity index (χ0n) is 13.1. The molecule has 122 valence electrons. The van der Waals surface area contributed by atoms with Crippen LogP contribution in [0.4, 0.5) is 0 Å². The number of hydrogen-bond donors (Lipinski definition) is 0. The van der Waals surface area contributed by atoms with Crippen molar-refractivity contribution in [3.05, 3.63) is 46.7 Å². The molecule has 0 amide bonds. The van der Waals surface area contributed by atoms with Crippen molar-refractivity contribution in [2.24, 2.45) is 0 Å². The van der Waals surface area contributed by atoms with E-state index in [0.717, 1.165) is 38.0 Å². The van der Waals surface area contributed by atoms with Crippen LogP contribution < -0.4 is 0 Å². The quantitative estimate of drug-likeness (QED) is 0.842. The minimum Gasteiger partial charge on any atom is -0.371 e. The lowest BCUT2D eigenvalue weighted by Gasteiger charge is -2.23. The highest BCUT2D eigenvalue weighted by atomic mass is 32.1. The molecule has 0 bridgehead atoms. The Morgan fingerprint density at radius 3 is 3.26 bits per heavy atom. The molecule has 1 spiro atoms. The van der Waals surface area contributed by atoms with Gasteiger partial charge in [-0.05, 0) is 18.1 Å². The van der Waals surface area contributed by atoms with E-state index in [1.807, 2.05) is 29.9 Å². The second-order valence-electron chi connectivity index (χ2n) is 6.38. The fourth-order valence-corrected chi connectivity index (χ4v) is 4.13. The zero-order chi connectivity index (χ0) is 15.5. The molecule has 0 unspecified atom stereocenters. The zero-order valence-corrected chi connectivity index (χ0v) is 13.9. The maximum Gasteiger partial charge on any atom is 0.107 e. The van der Waals surface area contributed by atoms with E-state index >= 15 is 0 Å². The molecular formula is C17H21N3O2S. The van der Waals surface area contributed by atoms with Crippen LogP contribution in [-0.2, 0) is 22.6 Å². The van der Waals surface area contributed by atoms with Crippen molar-refractivity contribution < 1.29 is 9.47 Å². The van der Waals surface area contributed by atoms with Crippen molar-refractivity contribution in [3.63, 3.8) is 0 Å². The van der Waals surface area contributed by atoms with Crippen LogP contribution in [-0.4, -0.2) is 46.3 Å². The molecule has 2 aromatic rings. The number of hydrogen-bond acceptors (Lipinski definition) is 6. The van der Waals surface area contributed by atoms with Crippen molar-refractivity contribution in [2.45, 2.75) is 37.7 Å². The standard InChI is InChI=1S/C17H21N3O2S/c1-2-14(9-18-4-1)11-21-15-8-17(22-12-15)3-6-20(13-17)10-16-19-5-7-23-16/h1-2,4-5,7,9,15H,3,6,8,10-13H2/t15-,17-/m0/s1. The fourth-order valence-electron chi connectivity index (χ4n) is 3.48. The molecule has 0 N–H and O–H groups in total. The van der Waals surface area contributed by atoms with Gasteiger partial charge in [-0.1, -0.05) is 6.07 Å². The van der Waals surface area contributed by atoms with Gasteiger partial charge in [-0.2, -0.15) is 0 Å². The maximum absolute atomic E-state index is 6.15. The highest BCUT2D eigenvalue weighted by molar-refractivity contribution is 7.09. The Bertz CT molecular complexity index is 622. The van der Waals surface area contributed by atoms with Gasteiger partial charge in [0.25, 0.3) is 0 Å². The molecule has 4 heterocycles. The number of ether oxygens (including phenoxy) is 2. The second-order valence-corrected chi connectivity index (χ2v) is 7.36. The number of rotatable bonds is 5. The van der Waals surface area contributed by atoms with E-state index < -0.39 is 0 Å². The Balaban J connectivity index is 1.28. The van der Waals surface area contributed by atoms with Crippen LogP contribution in [0.2, 0.25) is 0 Å². The summed E-state index contributed by atoms with van der Waals surface area (Å²) in [6, 6.07) is 3.99. The summed E-state index contributed by atoms with van der Waals surface area (Å²) in [6.07, 6.45) is 7.78. The van der Waals surface area contributed by atoms with Gasteiger partial charge in [0.2, 0.25) is 0 Å². The Morgan fingerprint density at radius 1 is 1.43 bits per heavy atom. The number of aromatic nitrogens is 2. The summed E-state index contributed by atoms with van der Waals surface area (Å²) in [5, 5.41) is 3.22. The lowest BCUT2D eigenvalue weighted by molar-refractivity contribution is -0.000453. The molecule has 2 aliphatic rings. The smallest absolute Gasteiger partial charge is 0.107 e. The SMILES string of the molecule is c1cncc(CO[C@@H]2CO[C@@]3(CCN(Cc4nccs4)C3)C2)c1. The largest absolute Gasteiger partial charge is 0.371 e. The fraction of sp³-hybridized carbons (Fsp3) is 0.529. The third-order valence-corrected chi connectivity index (χ3v) is 5.39. The molecule has 2 saturated heterocycles. The topological polar surface area (TPSA) is 47.5 Å². The van der Waals surface area contributed by atoms with Crippen LogP contribution >= 0.6 is 11.3 Å².